The maximum absolute atomic E-state index is 12.2. The van der Waals surface area contributed by atoms with E-state index >= 15 is 0 Å². The quantitative estimate of drug-likeness (QED) is 0.844. The van der Waals surface area contributed by atoms with Gasteiger partial charge in [0.05, 0.1) is 17.9 Å². The molecular formula is C16H22ClN3O. The van der Waals surface area contributed by atoms with Crippen molar-refractivity contribution >= 4 is 28.9 Å². The minimum absolute atomic E-state index is 0.00949. The molecule has 1 aliphatic heterocycles. The first-order valence-electron chi connectivity index (χ1n) is 7.72. The van der Waals surface area contributed by atoms with Crippen molar-refractivity contribution in [3.63, 3.8) is 0 Å². The minimum atomic E-state index is 0.00949. The molecule has 3 rings (SSSR count). The van der Waals surface area contributed by atoms with Crippen molar-refractivity contribution < 1.29 is 4.79 Å². The summed E-state index contributed by atoms with van der Waals surface area (Å²) in [6, 6.07) is 5.75. The van der Waals surface area contributed by atoms with Gasteiger partial charge in [0.25, 0.3) is 0 Å². The average Bonchev–Trinajstić information content (AvgIpc) is 2.85. The summed E-state index contributed by atoms with van der Waals surface area (Å²) >= 11 is 5.87. The largest absolute Gasteiger partial charge is 0.397 e. The SMILES string of the molecule is Nc1cc(Cl)ccc1NC(=O)CN1CCC2CCCCC21. The molecule has 1 saturated carbocycles. The molecule has 3 N–H and O–H groups in total. The number of fused-ring (bicyclic) bond motifs is 1. The lowest BCUT2D eigenvalue weighted by atomic mass is 9.85. The molecule has 2 aliphatic rings. The average molecular weight is 308 g/mol. The van der Waals surface area contributed by atoms with E-state index in [2.05, 4.69) is 10.2 Å². The highest BCUT2D eigenvalue weighted by Gasteiger charge is 2.36. The van der Waals surface area contributed by atoms with Gasteiger partial charge in [-0.2, -0.15) is 0 Å². The van der Waals surface area contributed by atoms with E-state index in [4.69, 9.17) is 17.3 Å². The molecule has 1 amide bonds. The van der Waals surface area contributed by atoms with E-state index in [0.717, 1.165) is 12.5 Å². The lowest BCUT2D eigenvalue weighted by Crippen LogP contribution is -2.39. The molecule has 2 atom stereocenters. The number of likely N-dealkylation sites (tertiary alicyclic amines) is 1. The van der Waals surface area contributed by atoms with Gasteiger partial charge in [-0.3, -0.25) is 9.69 Å². The van der Waals surface area contributed by atoms with Gasteiger partial charge in [0.1, 0.15) is 0 Å². The topological polar surface area (TPSA) is 58.4 Å². The zero-order chi connectivity index (χ0) is 14.8. The molecule has 2 unspecified atom stereocenters. The standard InChI is InChI=1S/C16H22ClN3O/c17-12-5-6-14(13(18)9-12)19-16(21)10-20-8-7-11-3-1-2-4-15(11)20/h5-6,9,11,15H,1-4,7-8,10,18H2,(H,19,21). The molecule has 2 fully saturated rings. The summed E-state index contributed by atoms with van der Waals surface area (Å²) in [4.78, 5) is 14.6. The predicted octanol–water partition coefficient (Wildman–Crippen LogP) is 3.13. The first-order valence-corrected chi connectivity index (χ1v) is 8.10. The molecule has 5 heteroatoms. The summed E-state index contributed by atoms with van der Waals surface area (Å²) in [5.41, 5.74) is 7.02. The van der Waals surface area contributed by atoms with Gasteiger partial charge in [0.15, 0.2) is 0 Å². The molecule has 1 aromatic carbocycles. The molecule has 114 valence electrons. The predicted molar refractivity (Wildman–Crippen MR) is 86.4 cm³/mol. The van der Waals surface area contributed by atoms with Crippen LogP contribution in [0.15, 0.2) is 18.2 Å². The van der Waals surface area contributed by atoms with Crippen molar-refractivity contribution in [3.8, 4) is 0 Å². The van der Waals surface area contributed by atoms with Crippen LogP contribution in [0.25, 0.3) is 0 Å². The first kappa shape index (κ1) is 14.7. The molecule has 0 aromatic heterocycles. The van der Waals surface area contributed by atoms with Crippen LogP contribution in [0.1, 0.15) is 32.1 Å². The number of nitrogens with two attached hydrogens (primary N) is 1. The Balaban J connectivity index is 1.59. The van der Waals surface area contributed by atoms with Crippen molar-refractivity contribution in [2.75, 3.05) is 24.1 Å². The number of rotatable bonds is 3. The number of hydrogen-bond acceptors (Lipinski definition) is 3. The second-order valence-electron chi connectivity index (χ2n) is 6.15. The summed E-state index contributed by atoms with van der Waals surface area (Å²) in [6.07, 6.45) is 6.45. The Hall–Kier alpha value is -1.26. The number of hydrogen-bond donors (Lipinski definition) is 2. The van der Waals surface area contributed by atoms with Gasteiger partial charge in [-0.25, -0.2) is 0 Å². The van der Waals surface area contributed by atoms with Crippen LogP contribution < -0.4 is 11.1 Å². The highest BCUT2D eigenvalue weighted by atomic mass is 35.5. The van der Waals surface area contributed by atoms with Crippen LogP contribution in [0.5, 0.6) is 0 Å². The highest BCUT2D eigenvalue weighted by molar-refractivity contribution is 6.31. The number of nitrogens with one attached hydrogen (secondary N) is 1. The van der Waals surface area contributed by atoms with Gasteiger partial charge in [-0.15, -0.1) is 0 Å². The molecule has 1 saturated heterocycles. The van der Waals surface area contributed by atoms with Gasteiger partial charge in [0, 0.05) is 11.1 Å². The number of benzene rings is 1. The van der Waals surface area contributed by atoms with Gasteiger partial charge in [-0.1, -0.05) is 24.4 Å². The molecular weight excluding hydrogens is 286 g/mol. The molecule has 1 aliphatic carbocycles. The normalized spacial score (nSPS) is 25.6. The van der Waals surface area contributed by atoms with Crippen molar-refractivity contribution in [1.29, 1.82) is 0 Å². The number of halogens is 1. The molecule has 1 aromatic rings. The molecule has 1 heterocycles. The maximum Gasteiger partial charge on any atom is 0.238 e. The third-order valence-corrected chi connectivity index (χ3v) is 4.99. The first-order chi connectivity index (χ1) is 10.1. The Morgan fingerprint density at radius 3 is 2.95 bits per heavy atom. The number of carbonyl (C=O) groups is 1. The summed E-state index contributed by atoms with van der Waals surface area (Å²) in [7, 11) is 0. The van der Waals surface area contributed by atoms with E-state index in [1.807, 2.05) is 0 Å². The van der Waals surface area contributed by atoms with Gasteiger partial charge >= 0.3 is 0 Å². The number of nitrogen functional groups attached to an aromatic ring is 1. The molecule has 0 bridgehead atoms. The van der Waals surface area contributed by atoms with E-state index in [1.165, 1.54) is 32.1 Å². The third kappa shape index (κ3) is 3.33. The molecule has 0 radical (unpaired) electrons. The fourth-order valence-electron chi connectivity index (χ4n) is 3.72. The Kier molecular flexibility index (Phi) is 4.36. The van der Waals surface area contributed by atoms with Gasteiger partial charge in [-0.05, 0) is 49.9 Å². The highest BCUT2D eigenvalue weighted by Crippen LogP contribution is 2.35. The lowest BCUT2D eigenvalue weighted by Gasteiger charge is -2.31. The smallest absolute Gasteiger partial charge is 0.238 e. The van der Waals surface area contributed by atoms with E-state index in [-0.39, 0.29) is 5.91 Å². The summed E-state index contributed by atoms with van der Waals surface area (Å²) in [5.74, 6) is 0.808. The van der Waals surface area contributed by atoms with Gasteiger partial charge in [0.2, 0.25) is 5.91 Å². The summed E-state index contributed by atoms with van der Waals surface area (Å²) < 4.78 is 0. The lowest BCUT2D eigenvalue weighted by molar-refractivity contribution is -0.117. The van der Waals surface area contributed by atoms with Crippen LogP contribution in [0.4, 0.5) is 11.4 Å². The van der Waals surface area contributed by atoms with E-state index < -0.39 is 0 Å². The van der Waals surface area contributed by atoms with Gasteiger partial charge < -0.3 is 11.1 Å². The maximum atomic E-state index is 12.2. The second-order valence-corrected chi connectivity index (χ2v) is 6.59. The van der Waals surface area contributed by atoms with Crippen molar-refractivity contribution in [3.05, 3.63) is 23.2 Å². The summed E-state index contributed by atoms with van der Waals surface area (Å²) in [5, 5.41) is 3.47. The van der Waals surface area contributed by atoms with Crippen molar-refractivity contribution in [2.45, 2.75) is 38.1 Å². The van der Waals surface area contributed by atoms with Crippen LogP contribution >= 0.6 is 11.6 Å². The molecule has 0 spiro atoms. The second kappa shape index (κ2) is 6.24. The Labute approximate surface area is 130 Å². The number of anilines is 2. The monoisotopic (exact) mass is 307 g/mol. The van der Waals surface area contributed by atoms with E-state index in [9.17, 15) is 4.79 Å². The number of amides is 1. The van der Waals surface area contributed by atoms with Crippen LogP contribution in [0, 0.1) is 5.92 Å². The fraction of sp³-hybridized carbons (Fsp3) is 0.562. The number of carbonyl (C=O) groups excluding carboxylic acids is 1. The Morgan fingerprint density at radius 2 is 2.14 bits per heavy atom. The third-order valence-electron chi connectivity index (χ3n) is 4.76. The molecule has 21 heavy (non-hydrogen) atoms. The van der Waals surface area contributed by atoms with Crippen molar-refractivity contribution in [2.24, 2.45) is 5.92 Å². The minimum Gasteiger partial charge on any atom is -0.397 e. The zero-order valence-electron chi connectivity index (χ0n) is 12.1. The van der Waals surface area contributed by atoms with Crippen molar-refractivity contribution in [1.82, 2.24) is 4.90 Å². The zero-order valence-corrected chi connectivity index (χ0v) is 12.9. The van der Waals surface area contributed by atoms with E-state index in [1.54, 1.807) is 18.2 Å². The van der Waals surface area contributed by atoms with Crippen LogP contribution in [0.3, 0.4) is 0 Å². The Bertz CT molecular complexity index is 534. The molecule has 4 nitrogen and oxygen atoms in total. The van der Waals surface area contributed by atoms with Crippen LogP contribution in [-0.2, 0) is 4.79 Å². The van der Waals surface area contributed by atoms with Crippen LogP contribution in [0.2, 0.25) is 5.02 Å². The van der Waals surface area contributed by atoms with E-state index in [0.29, 0.717) is 29.0 Å². The summed E-state index contributed by atoms with van der Waals surface area (Å²) in [6.45, 7) is 1.50. The number of nitrogens with zero attached hydrogens (tertiary/aromatic N) is 1. The Morgan fingerprint density at radius 1 is 1.33 bits per heavy atom. The van der Waals surface area contributed by atoms with Crippen LogP contribution in [-0.4, -0.2) is 29.9 Å². The fourth-order valence-corrected chi connectivity index (χ4v) is 3.90.